The Balaban J connectivity index is 0.974. The van der Waals surface area contributed by atoms with E-state index in [2.05, 4.69) is 181 Å². The molecule has 3 nitrogen and oxygen atoms in total. The van der Waals surface area contributed by atoms with Crippen LogP contribution in [0.25, 0.3) is 99.5 Å². The van der Waals surface area contributed by atoms with Crippen LogP contribution >= 0.6 is 0 Å². The van der Waals surface area contributed by atoms with Gasteiger partial charge in [-0.25, -0.2) is 4.39 Å². The molecule has 0 N–H and O–H groups in total. The van der Waals surface area contributed by atoms with Crippen molar-refractivity contribution in [2.45, 2.75) is 0 Å². The minimum absolute atomic E-state index is 0.286. The summed E-state index contributed by atoms with van der Waals surface area (Å²) in [5, 5.41) is 3.88. The lowest BCUT2D eigenvalue weighted by Gasteiger charge is -2.26. The van der Waals surface area contributed by atoms with E-state index in [1.807, 2.05) is 36.4 Å². The Labute approximate surface area is 369 Å². The standard InChI is InChI=1S/C60H38FNO2/c61-45-28-36-58-56(38-45)54-19-10-17-52(60(54)64-58)50-35-27-44(40-13-5-2-6-14-40)37-55(50)43-25-33-48(34-26-43)62(46-29-21-41(22-30-46)39-11-3-1-4-12-39)47-31-23-42(24-32-47)49-16-9-18-53-51-15-7-8-20-57(51)63-59(49)53/h1-38H. The van der Waals surface area contributed by atoms with Gasteiger partial charge >= 0.3 is 0 Å². The molecule has 0 fully saturated rings. The van der Waals surface area contributed by atoms with E-state index in [0.717, 1.165) is 105 Å². The third kappa shape index (κ3) is 6.52. The molecule has 0 bridgehead atoms. The van der Waals surface area contributed by atoms with Crippen molar-refractivity contribution in [2.75, 3.05) is 4.90 Å². The molecule has 0 unspecified atom stereocenters. The topological polar surface area (TPSA) is 29.5 Å². The van der Waals surface area contributed by atoms with Gasteiger partial charge in [0.25, 0.3) is 0 Å². The van der Waals surface area contributed by atoms with E-state index in [0.29, 0.717) is 5.58 Å². The van der Waals surface area contributed by atoms with Gasteiger partial charge in [-0.3, -0.25) is 0 Å². The number of hydrogen-bond acceptors (Lipinski definition) is 3. The fraction of sp³-hybridized carbons (Fsp3) is 0. The lowest BCUT2D eigenvalue weighted by Crippen LogP contribution is -2.09. The first-order valence-corrected chi connectivity index (χ1v) is 21.5. The van der Waals surface area contributed by atoms with Crippen LogP contribution in [0, 0.1) is 5.82 Å². The number of furan rings is 2. The number of fused-ring (bicyclic) bond motifs is 6. The largest absolute Gasteiger partial charge is 0.455 e. The molecule has 0 amide bonds. The average Bonchev–Trinajstić information content (AvgIpc) is 3.94. The summed E-state index contributed by atoms with van der Waals surface area (Å²) in [4.78, 5) is 2.31. The van der Waals surface area contributed by atoms with Crippen molar-refractivity contribution < 1.29 is 13.2 Å². The van der Waals surface area contributed by atoms with Crippen LogP contribution in [0.1, 0.15) is 0 Å². The Hall–Kier alpha value is -8.47. The van der Waals surface area contributed by atoms with Gasteiger partial charge in [0.15, 0.2) is 0 Å². The molecule has 302 valence electrons. The van der Waals surface area contributed by atoms with Crippen LogP contribution in [-0.4, -0.2) is 0 Å². The summed E-state index contributed by atoms with van der Waals surface area (Å²) < 4.78 is 27.4. The molecule has 2 aromatic heterocycles. The van der Waals surface area contributed by atoms with E-state index in [9.17, 15) is 4.39 Å². The third-order valence-corrected chi connectivity index (χ3v) is 12.4. The first-order valence-electron chi connectivity index (χ1n) is 21.5. The number of rotatable bonds is 8. The molecule has 0 spiro atoms. The molecule has 0 atom stereocenters. The quantitative estimate of drug-likeness (QED) is 0.153. The van der Waals surface area contributed by atoms with E-state index in [4.69, 9.17) is 8.83 Å². The smallest absolute Gasteiger partial charge is 0.143 e. The van der Waals surface area contributed by atoms with Crippen molar-refractivity contribution in [3.05, 3.63) is 236 Å². The maximum Gasteiger partial charge on any atom is 0.143 e. The Morgan fingerprint density at radius 3 is 1.41 bits per heavy atom. The zero-order valence-corrected chi connectivity index (χ0v) is 34.6. The first-order chi connectivity index (χ1) is 31.6. The molecule has 2 heterocycles. The predicted molar refractivity (Wildman–Crippen MR) is 263 cm³/mol. The normalized spacial score (nSPS) is 11.5. The number of halogens is 1. The molecule has 0 aliphatic rings. The summed E-state index contributed by atoms with van der Waals surface area (Å²) in [7, 11) is 0. The summed E-state index contributed by atoms with van der Waals surface area (Å²) >= 11 is 0. The summed E-state index contributed by atoms with van der Waals surface area (Å²) in [6, 6.07) is 79.3. The molecular formula is C60H38FNO2. The molecule has 12 rings (SSSR count). The maximum absolute atomic E-state index is 14.5. The van der Waals surface area contributed by atoms with Crippen molar-refractivity contribution >= 4 is 60.9 Å². The molecule has 0 saturated heterocycles. The van der Waals surface area contributed by atoms with Crippen LogP contribution in [-0.2, 0) is 0 Å². The van der Waals surface area contributed by atoms with Crippen LogP contribution in [0.15, 0.2) is 239 Å². The summed E-state index contributed by atoms with van der Waals surface area (Å²) in [6.07, 6.45) is 0. The minimum atomic E-state index is -0.286. The van der Waals surface area contributed by atoms with Crippen LogP contribution in [0.5, 0.6) is 0 Å². The zero-order chi connectivity index (χ0) is 42.6. The van der Waals surface area contributed by atoms with Gasteiger partial charge in [0.05, 0.1) is 0 Å². The van der Waals surface area contributed by atoms with E-state index < -0.39 is 0 Å². The second-order valence-corrected chi connectivity index (χ2v) is 16.2. The first kappa shape index (κ1) is 37.3. The van der Waals surface area contributed by atoms with E-state index >= 15 is 0 Å². The average molecular weight is 824 g/mol. The van der Waals surface area contributed by atoms with Gasteiger partial charge in [0.2, 0.25) is 0 Å². The molecule has 0 radical (unpaired) electrons. The number of nitrogens with zero attached hydrogens (tertiary/aromatic N) is 1. The molecule has 12 aromatic rings. The second kappa shape index (κ2) is 15.5. The minimum Gasteiger partial charge on any atom is -0.455 e. The lowest BCUT2D eigenvalue weighted by molar-refractivity contribution is 0.626. The summed E-state index contributed by atoms with van der Waals surface area (Å²) in [5.74, 6) is -0.286. The maximum atomic E-state index is 14.5. The highest BCUT2D eigenvalue weighted by atomic mass is 19.1. The second-order valence-electron chi connectivity index (χ2n) is 16.2. The van der Waals surface area contributed by atoms with Crippen LogP contribution in [0.2, 0.25) is 0 Å². The van der Waals surface area contributed by atoms with Crippen molar-refractivity contribution in [3.63, 3.8) is 0 Å². The van der Waals surface area contributed by atoms with E-state index in [1.54, 1.807) is 12.1 Å². The molecule has 64 heavy (non-hydrogen) atoms. The molecule has 0 saturated carbocycles. The Kier molecular flexibility index (Phi) is 9.01. The number of benzene rings is 10. The van der Waals surface area contributed by atoms with Crippen molar-refractivity contribution in [1.82, 2.24) is 0 Å². The van der Waals surface area contributed by atoms with Gasteiger partial charge in [-0.15, -0.1) is 0 Å². The highest BCUT2D eigenvalue weighted by Crippen LogP contribution is 2.44. The van der Waals surface area contributed by atoms with Gasteiger partial charge in [-0.05, 0) is 111 Å². The van der Waals surface area contributed by atoms with Gasteiger partial charge in [0, 0.05) is 49.7 Å². The third-order valence-electron chi connectivity index (χ3n) is 12.4. The van der Waals surface area contributed by atoms with E-state index in [1.165, 1.54) is 11.6 Å². The number of anilines is 3. The monoisotopic (exact) mass is 823 g/mol. The summed E-state index contributed by atoms with van der Waals surface area (Å²) in [5.41, 5.74) is 17.1. The fourth-order valence-corrected chi connectivity index (χ4v) is 9.25. The molecule has 0 aliphatic heterocycles. The Morgan fingerprint density at radius 2 is 0.750 bits per heavy atom. The van der Waals surface area contributed by atoms with Crippen molar-refractivity contribution in [1.29, 1.82) is 0 Å². The van der Waals surface area contributed by atoms with E-state index in [-0.39, 0.29) is 5.82 Å². The number of hydrogen-bond donors (Lipinski definition) is 0. The van der Waals surface area contributed by atoms with Gasteiger partial charge in [-0.1, -0.05) is 164 Å². The Morgan fingerprint density at radius 1 is 0.281 bits per heavy atom. The van der Waals surface area contributed by atoms with Crippen molar-refractivity contribution in [3.8, 4) is 55.6 Å². The van der Waals surface area contributed by atoms with Gasteiger partial charge in [0.1, 0.15) is 28.1 Å². The highest BCUT2D eigenvalue weighted by Gasteiger charge is 2.19. The predicted octanol–water partition coefficient (Wildman–Crippen LogP) is 17.4. The molecule has 0 aliphatic carbocycles. The zero-order valence-electron chi connectivity index (χ0n) is 34.6. The van der Waals surface area contributed by atoms with Gasteiger partial charge in [-0.2, -0.15) is 0 Å². The summed E-state index contributed by atoms with van der Waals surface area (Å²) in [6.45, 7) is 0. The fourth-order valence-electron chi connectivity index (χ4n) is 9.25. The lowest BCUT2D eigenvalue weighted by atomic mass is 9.90. The van der Waals surface area contributed by atoms with Crippen LogP contribution in [0.3, 0.4) is 0 Å². The van der Waals surface area contributed by atoms with Crippen LogP contribution in [0.4, 0.5) is 21.5 Å². The van der Waals surface area contributed by atoms with Crippen LogP contribution < -0.4 is 4.90 Å². The highest BCUT2D eigenvalue weighted by molar-refractivity contribution is 6.11. The molecule has 4 heteroatoms. The molecule has 10 aromatic carbocycles. The van der Waals surface area contributed by atoms with Gasteiger partial charge < -0.3 is 13.7 Å². The van der Waals surface area contributed by atoms with Crippen molar-refractivity contribution in [2.24, 2.45) is 0 Å². The Bertz CT molecular complexity index is 3650. The molecular weight excluding hydrogens is 786 g/mol. The SMILES string of the molecule is Fc1ccc2oc3c(-c4ccc(-c5ccccc5)cc4-c4ccc(N(c5ccc(-c6ccccc6)cc5)c5ccc(-c6cccc7c6oc6ccccc67)cc5)cc4)cccc3c2c1. The number of para-hydroxylation sites is 3.